The van der Waals surface area contributed by atoms with Crippen LogP contribution in [0, 0.1) is 13.8 Å². The molecule has 4 nitrogen and oxygen atoms in total. The van der Waals surface area contributed by atoms with E-state index in [1.165, 1.54) is 6.08 Å². The number of nitrogens with one attached hydrogen (secondary N) is 1. The van der Waals surface area contributed by atoms with Crippen molar-refractivity contribution in [3.63, 3.8) is 0 Å². The summed E-state index contributed by atoms with van der Waals surface area (Å²) in [5, 5.41) is 2.75. The zero-order valence-electron chi connectivity index (χ0n) is 13.5. The van der Waals surface area contributed by atoms with Gasteiger partial charge in [-0.15, -0.1) is 0 Å². The monoisotopic (exact) mass is 387 g/mol. The van der Waals surface area contributed by atoms with Crippen LogP contribution in [0.4, 0.5) is 5.69 Å². The van der Waals surface area contributed by atoms with Crippen molar-refractivity contribution in [1.29, 1.82) is 0 Å². The molecule has 5 heteroatoms. The molecule has 0 fully saturated rings. The van der Waals surface area contributed by atoms with Gasteiger partial charge in [-0.25, -0.2) is 4.79 Å². The summed E-state index contributed by atoms with van der Waals surface area (Å²) in [6.07, 6.45) is 2.94. The molecule has 0 spiro atoms. The Morgan fingerprint density at radius 3 is 2.50 bits per heavy atom. The molecule has 0 atom stereocenters. The Kier molecular flexibility index (Phi) is 6.32. The Balaban J connectivity index is 1.86. The highest BCUT2D eigenvalue weighted by Gasteiger charge is 2.09. The predicted octanol–water partition coefficient (Wildman–Crippen LogP) is 4.26. The van der Waals surface area contributed by atoms with E-state index in [0.29, 0.717) is 5.69 Å². The number of esters is 1. The van der Waals surface area contributed by atoms with Gasteiger partial charge in [0.05, 0.1) is 0 Å². The summed E-state index contributed by atoms with van der Waals surface area (Å²) in [4.78, 5) is 23.6. The van der Waals surface area contributed by atoms with Crippen molar-refractivity contribution >= 4 is 39.6 Å². The fraction of sp³-hybridized carbons (Fsp3) is 0.158. The Bertz CT molecular complexity index is 770. The van der Waals surface area contributed by atoms with Crippen LogP contribution < -0.4 is 5.32 Å². The number of carbonyl (C=O) groups is 2. The number of benzene rings is 2. The number of rotatable bonds is 5. The van der Waals surface area contributed by atoms with Gasteiger partial charge in [-0.2, -0.15) is 0 Å². The quantitative estimate of drug-likeness (QED) is 0.615. The lowest BCUT2D eigenvalue weighted by atomic mass is 10.1. The van der Waals surface area contributed by atoms with Gasteiger partial charge >= 0.3 is 5.97 Å². The van der Waals surface area contributed by atoms with Crippen molar-refractivity contribution in [2.24, 2.45) is 0 Å². The lowest BCUT2D eigenvalue weighted by Crippen LogP contribution is -2.20. The second kappa shape index (κ2) is 8.45. The molecule has 124 valence electrons. The maximum absolute atomic E-state index is 11.9. The maximum atomic E-state index is 11.9. The molecule has 1 amide bonds. The minimum Gasteiger partial charge on any atom is -0.452 e. The number of ether oxygens (including phenoxy) is 1. The highest BCUT2D eigenvalue weighted by Crippen LogP contribution is 2.25. The van der Waals surface area contributed by atoms with Crippen molar-refractivity contribution in [2.45, 2.75) is 13.8 Å². The normalized spacial score (nSPS) is 10.6. The first-order chi connectivity index (χ1) is 11.5. The molecule has 0 unspecified atom stereocenters. The lowest BCUT2D eigenvalue weighted by molar-refractivity contribution is -0.142. The Morgan fingerprint density at radius 1 is 1.08 bits per heavy atom. The van der Waals surface area contributed by atoms with Crippen molar-refractivity contribution in [3.05, 3.63) is 69.7 Å². The molecular formula is C19H18BrNO3. The van der Waals surface area contributed by atoms with Gasteiger partial charge in [0.1, 0.15) is 0 Å². The third kappa shape index (κ3) is 5.06. The van der Waals surface area contributed by atoms with Crippen LogP contribution in [0.15, 0.2) is 53.0 Å². The summed E-state index contributed by atoms with van der Waals surface area (Å²) in [5.41, 5.74) is 3.61. The molecule has 0 aliphatic carbocycles. The first-order valence-electron chi connectivity index (χ1n) is 7.43. The number of hydrogen-bond acceptors (Lipinski definition) is 3. The molecule has 0 saturated carbocycles. The van der Waals surface area contributed by atoms with Crippen LogP contribution in [0.5, 0.6) is 0 Å². The Labute approximate surface area is 149 Å². The van der Waals surface area contributed by atoms with E-state index in [0.717, 1.165) is 21.2 Å². The number of hydrogen-bond donors (Lipinski definition) is 1. The highest BCUT2D eigenvalue weighted by molar-refractivity contribution is 9.10. The second-order valence-electron chi connectivity index (χ2n) is 5.24. The van der Waals surface area contributed by atoms with Crippen LogP contribution in [0.25, 0.3) is 6.08 Å². The zero-order chi connectivity index (χ0) is 17.5. The van der Waals surface area contributed by atoms with E-state index >= 15 is 0 Å². The molecule has 0 aliphatic heterocycles. The number of anilines is 1. The van der Waals surface area contributed by atoms with E-state index in [2.05, 4.69) is 21.2 Å². The van der Waals surface area contributed by atoms with Crippen LogP contribution in [0.3, 0.4) is 0 Å². The van der Waals surface area contributed by atoms with Gasteiger partial charge in [0.15, 0.2) is 6.61 Å². The first-order valence-corrected chi connectivity index (χ1v) is 8.22. The van der Waals surface area contributed by atoms with Gasteiger partial charge in [-0.05, 0) is 48.7 Å². The molecule has 0 heterocycles. The van der Waals surface area contributed by atoms with Crippen LogP contribution in [-0.2, 0) is 14.3 Å². The lowest BCUT2D eigenvalue weighted by Gasteiger charge is -2.11. The molecule has 2 rings (SSSR count). The molecular weight excluding hydrogens is 370 g/mol. The highest BCUT2D eigenvalue weighted by atomic mass is 79.9. The Morgan fingerprint density at radius 2 is 1.79 bits per heavy atom. The van der Waals surface area contributed by atoms with E-state index in [4.69, 9.17) is 4.74 Å². The van der Waals surface area contributed by atoms with Crippen LogP contribution in [0.1, 0.15) is 16.7 Å². The number of carbonyl (C=O) groups excluding carboxylic acids is 2. The van der Waals surface area contributed by atoms with Crippen LogP contribution in [0.2, 0.25) is 0 Å². The third-order valence-corrected chi connectivity index (χ3v) is 4.41. The molecule has 0 bridgehead atoms. The van der Waals surface area contributed by atoms with Gasteiger partial charge in [-0.1, -0.05) is 46.3 Å². The zero-order valence-corrected chi connectivity index (χ0v) is 15.1. The van der Waals surface area contributed by atoms with E-state index in [1.807, 2.05) is 50.2 Å². The minimum atomic E-state index is -0.558. The summed E-state index contributed by atoms with van der Waals surface area (Å²) in [6.45, 7) is 3.56. The van der Waals surface area contributed by atoms with E-state index in [1.54, 1.807) is 12.1 Å². The minimum absolute atomic E-state index is 0.327. The average Bonchev–Trinajstić information content (AvgIpc) is 2.59. The number of halogens is 1. The summed E-state index contributed by atoms with van der Waals surface area (Å²) in [6, 6.07) is 13.1. The summed E-state index contributed by atoms with van der Waals surface area (Å²) >= 11 is 3.44. The maximum Gasteiger partial charge on any atom is 0.331 e. The van der Waals surface area contributed by atoms with Crippen molar-refractivity contribution in [1.82, 2.24) is 0 Å². The van der Waals surface area contributed by atoms with Crippen LogP contribution >= 0.6 is 15.9 Å². The van der Waals surface area contributed by atoms with Gasteiger partial charge in [0.25, 0.3) is 5.91 Å². The largest absolute Gasteiger partial charge is 0.452 e. The predicted molar refractivity (Wildman–Crippen MR) is 98.7 cm³/mol. The summed E-state index contributed by atoms with van der Waals surface area (Å²) in [5.74, 6) is -0.931. The smallest absolute Gasteiger partial charge is 0.331 e. The fourth-order valence-corrected chi connectivity index (χ4v) is 2.45. The first kappa shape index (κ1) is 17.9. The summed E-state index contributed by atoms with van der Waals surface area (Å²) < 4.78 is 5.93. The molecule has 1 N–H and O–H groups in total. The van der Waals surface area contributed by atoms with Gasteiger partial charge in [0.2, 0.25) is 0 Å². The Hall–Kier alpha value is -2.40. The molecule has 0 aromatic heterocycles. The topological polar surface area (TPSA) is 55.4 Å². The molecule has 2 aromatic rings. The van der Waals surface area contributed by atoms with Crippen molar-refractivity contribution in [3.8, 4) is 0 Å². The van der Waals surface area contributed by atoms with Crippen LogP contribution in [-0.4, -0.2) is 18.5 Å². The van der Waals surface area contributed by atoms with Gasteiger partial charge < -0.3 is 10.1 Å². The van der Waals surface area contributed by atoms with Gasteiger partial charge in [0, 0.05) is 16.2 Å². The van der Waals surface area contributed by atoms with E-state index in [-0.39, 0.29) is 12.5 Å². The summed E-state index contributed by atoms with van der Waals surface area (Å²) in [7, 11) is 0. The van der Waals surface area contributed by atoms with E-state index < -0.39 is 5.97 Å². The standard InChI is InChI=1S/C19H18BrNO3/c1-13-14(2)17(10-9-16(13)20)21-18(22)12-24-19(23)11-8-15-6-4-3-5-7-15/h3-11H,12H2,1-2H3,(H,21,22)/b11-8+. The number of amides is 1. The average molecular weight is 388 g/mol. The third-order valence-electron chi connectivity index (χ3n) is 3.55. The SMILES string of the molecule is Cc1c(Br)ccc(NC(=O)COC(=O)/C=C/c2ccccc2)c1C. The van der Waals surface area contributed by atoms with Crippen molar-refractivity contribution in [2.75, 3.05) is 11.9 Å². The van der Waals surface area contributed by atoms with Crippen molar-refractivity contribution < 1.29 is 14.3 Å². The molecule has 2 aromatic carbocycles. The molecule has 0 saturated heterocycles. The van der Waals surface area contributed by atoms with E-state index in [9.17, 15) is 9.59 Å². The molecule has 0 radical (unpaired) electrons. The second-order valence-corrected chi connectivity index (χ2v) is 6.10. The molecule has 24 heavy (non-hydrogen) atoms. The van der Waals surface area contributed by atoms with Gasteiger partial charge in [-0.3, -0.25) is 4.79 Å². The molecule has 0 aliphatic rings. The fourth-order valence-electron chi connectivity index (χ4n) is 2.02.